The minimum Gasteiger partial charge on any atom is -0.478 e. The number of carbonyl (C=O) groups is 3. The summed E-state index contributed by atoms with van der Waals surface area (Å²) in [5, 5.41) is 20.8. The normalized spacial score (nSPS) is 19.8. The summed E-state index contributed by atoms with van der Waals surface area (Å²) in [5.41, 5.74) is 2.11. The monoisotopic (exact) mass is 494 g/mol. The average Bonchev–Trinajstić information content (AvgIpc) is 2.80. The molecule has 2 aromatic carbocycles. The van der Waals surface area contributed by atoms with Crippen LogP contribution in [0, 0.1) is 0 Å². The van der Waals surface area contributed by atoms with Gasteiger partial charge in [0.1, 0.15) is 5.60 Å². The minimum absolute atomic E-state index is 0.0362. The fourth-order valence-corrected chi connectivity index (χ4v) is 5.13. The van der Waals surface area contributed by atoms with E-state index in [-0.39, 0.29) is 18.0 Å². The van der Waals surface area contributed by atoms with E-state index in [4.69, 9.17) is 4.74 Å². The van der Waals surface area contributed by atoms with E-state index in [2.05, 4.69) is 0 Å². The molecule has 192 valence electrons. The number of benzene rings is 2. The number of aliphatic hydroxyl groups excluding tert-OH is 1. The fraction of sp³-hybridized carbons (Fsp3) is 0.464. The second-order valence-electron chi connectivity index (χ2n) is 11.4. The van der Waals surface area contributed by atoms with Crippen LogP contribution in [0.4, 0.5) is 4.79 Å². The maximum Gasteiger partial charge on any atom is 0.410 e. The highest BCUT2D eigenvalue weighted by Gasteiger charge is 2.41. The predicted molar refractivity (Wildman–Crippen MR) is 134 cm³/mol. The standard InChI is InChI=1S/C28H34N2O6/c1-27(2,3)36-26(35)30-14-19-9-7-6-8-17(19)13-22(30)23(31)15-29-16-28(4,5)21-12-18(25(33)34)10-11-20(21)24(29)32/h6-12,22-23,31H,13-16H2,1-5H3,(H,33,34)/t22-,23?/m0/s1. The van der Waals surface area contributed by atoms with Crippen molar-refractivity contribution in [3.05, 3.63) is 70.3 Å². The number of fused-ring (bicyclic) bond motifs is 2. The maximum atomic E-state index is 13.4. The van der Waals surface area contributed by atoms with Crippen molar-refractivity contribution in [2.75, 3.05) is 13.1 Å². The Labute approximate surface area is 211 Å². The van der Waals surface area contributed by atoms with E-state index < -0.39 is 35.2 Å². The Hall–Kier alpha value is -3.39. The van der Waals surface area contributed by atoms with Gasteiger partial charge < -0.3 is 19.8 Å². The number of amides is 2. The highest BCUT2D eigenvalue weighted by molar-refractivity contribution is 5.99. The van der Waals surface area contributed by atoms with Gasteiger partial charge in [0.2, 0.25) is 0 Å². The van der Waals surface area contributed by atoms with Gasteiger partial charge in [-0.3, -0.25) is 9.69 Å². The molecule has 36 heavy (non-hydrogen) atoms. The van der Waals surface area contributed by atoms with Crippen LogP contribution in [-0.4, -0.2) is 68.8 Å². The molecule has 0 aliphatic carbocycles. The summed E-state index contributed by atoms with van der Waals surface area (Å²) >= 11 is 0. The number of β-amino-alcohol motifs (C(OH)–C–C–N with tert-alkyl or cyclic N) is 1. The molecule has 0 saturated carbocycles. The molecule has 1 unspecified atom stereocenters. The van der Waals surface area contributed by atoms with Crippen LogP contribution in [0.5, 0.6) is 0 Å². The highest BCUT2D eigenvalue weighted by Crippen LogP contribution is 2.35. The summed E-state index contributed by atoms with van der Waals surface area (Å²) < 4.78 is 5.64. The lowest BCUT2D eigenvalue weighted by molar-refractivity contribution is -0.0193. The third kappa shape index (κ3) is 5.09. The van der Waals surface area contributed by atoms with Crippen LogP contribution < -0.4 is 0 Å². The number of aromatic carboxylic acids is 1. The molecular formula is C28H34N2O6. The van der Waals surface area contributed by atoms with Gasteiger partial charge in [-0.05, 0) is 62.1 Å². The van der Waals surface area contributed by atoms with E-state index in [0.717, 1.165) is 11.1 Å². The number of carboxylic acid groups (broad SMARTS) is 1. The Kier molecular flexibility index (Phi) is 6.60. The van der Waals surface area contributed by atoms with Gasteiger partial charge in [0.15, 0.2) is 0 Å². The van der Waals surface area contributed by atoms with Crippen LogP contribution in [0.15, 0.2) is 42.5 Å². The number of nitrogens with zero attached hydrogens (tertiary/aromatic N) is 2. The van der Waals surface area contributed by atoms with Gasteiger partial charge in [0, 0.05) is 30.6 Å². The molecule has 8 nitrogen and oxygen atoms in total. The molecule has 2 aliphatic heterocycles. The Morgan fingerprint density at radius 3 is 2.44 bits per heavy atom. The molecule has 4 rings (SSSR count). The minimum atomic E-state index is -1.04. The van der Waals surface area contributed by atoms with Gasteiger partial charge in [-0.1, -0.05) is 38.1 Å². The summed E-state index contributed by atoms with van der Waals surface area (Å²) in [6, 6.07) is 11.8. The molecule has 2 atom stereocenters. The van der Waals surface area contributed by atoms with Crippen LogP contribution in [0.25, 0.3) is 0 Å². The molecule has 0 spiro atoms. The lowest BCUT2D eigenvalue weighted by Gasteiger charge is -2.44. The van der Waals surface area contributed by atoms with Gasteiger partial charge in [-0.15, -0.1) is 0 Å². The molecule has 2 amide bonds. The molecule has 0 fully saturated rings. The summed E-state index contributed by atoms with van der Waals surface area (Å²) in [6.45, 7) is 9.97. The van der Waals surface area contributed by atoms with Gasteiger partial charge in [0.05, 0.1) is 17.7 Å². The quantitative estimate of drug-likeness (QED) is 0.669. The molecule has 8 heteroatoms. The van der Waals surface area contributed by atoms with E-state index >= 15 is 0 Å². The number of carbonyl (C=O) groups excluding carboxylic acids is 2. The Balaban J connectivity index is 1.60. The second kappa shape index (κ2) is 9.24. The third-order valence-electron chi connectivity index (χ3n) is 6.87. The van der Waals surface area contributed by atoms with Crippen LogP contribution in [0.1, 0.15) is 72.0 Å². The molecule has 2 aromatic rings. The zero-order valence-electron chi connectivity index (χ0n) is 21.4. The fourth-order valence-electron chi connectivity index (χ4n) is 5.13. The number of ether oxygens (including phenoxy) is 1. The Morgan fingerprint density at radius 1 is 1.14 bits per heavy atom. The van der Waals surface area contributed by atoms with E-state index in [9.17, 15) is 24.6 Å². The van der Waals surface area contributed by atoms with Crippen LogP contribution >= 0.6 is 0 Å². The largest absolute Gasteiger partial charge is 0.478 e. The number of rotatable bonds is 4. The lowest BCUT2D eigenvalue weighted by atomic mass is 9.77. The number of aliphatic hydroxyl groups is 1. The maximum absolute atomic E-state index is 13.4. The molecule has 0 bridgehead atoms. The summed E-state index contributed by atoms with van der Waals surface area (Å²) in [7, 11) is 0. The van der Waals surface area contributed by atoms with Crippen molar-refractivity contribution < 1.29 is 29.3 Å². The first-order valence-electron chi connectivity index (χ1n) is 12.2. The molecule has 0 radical (unpaired) electrons. The van der Waals surface area contributed by atoms with Gasteiger partial charge in [-0.25, -0.2) is 9.59 Å². The molecule has 2 heterocycles. The molecule has 2 N–H and O–H groups in total. The molecule has 0 saturated heterocycles. The van der Waals surface area contributed by atoms with E-state index in [1.165, 1.54) is 6.07 Å². The first-order chi connectivity index (χ1) is 16.8. The molecule has 2 aliphatic rings. The van der Waals surface area contributed by atoms with Gasteiger partial charge in [0.25, 0.3) is 5.91 Å². The van der Waals surface area contributed by atoms with Gasteiger partial charge >= 0.3 is 12.1 Å². The van der Waals surface area contributed by atoms with Crippen molar-refractivity contribution in [2.45, 2.75) is 70.7 Å². The van der Waals surface area contributed by atoms with Crippen molar-refractivity contribution >= 4 is 18.0 Å². The zero-order valence-corrected chi connectivity index (χ0v) is 21.4. The van der Waals surface area contributed by atoms with Crippen LogP contribution in [-0.2, 0) is 23.1 Å². The third-order valence-corrected chi connectivity index (χ3v) is 6.87. The lowest BCUT2D eigenvalue weighted by Crippen LogP contribution is -2.57. The first kappa shape index (κ1) is 25.7. The summed E-state index contributed by atoms with van der Waals surface area (Å²) in [4.78, 5) is 41.1. The predicted octanol–water partition coefficient (Wildman–Crippen LogP) is 3.84. The first-order valence-corrected chi connectivity index (χ1v) is 12.2. The van der Waals surface area contributed by atoms with Crippen molar-refractivity contribution in [2.24, 2.45) is 0 Å². The molecule has 0 aromatic heterocycles. The van der Waals surface area contributed by atoms with Crippen molar-refractivity contribution in [1.82, 2.24) is 9.80 Å². The SMILES string of the molecule is CC(C)(C)OC(=O)N1Cc2ccccc2C[C@H]1C(O)CN1CC(C)(C)c2cc(C(=O)O)ccc2C1=O. The highest BCUT2D eigenvalue weighted by atomic mass is 16.6. The van der Waals surface area contributed by atoms with E-state index in [1.54, 1.807) is 42.7 Å². The smallest absolute Gasteiger partial charge is 0.410 e. The Bertz CT molecular complexity index is 1200. The van der Waals surface area contributed by atoms with E-state index in [1.807, 2.05) is 38.1 Å². The van der Waals surface area contributed by atoms with Gasteiger partial charge in [-0.2, -0.15) is 0 Å². The van der Waals surface area contributed by atoms with Crippen molar-refractivity contribution in [3.63, 3.8) is 0 Å². The zero-order chi connectivity index (χ0) is 26.4. The number of hydrogen-bond donors (Lipinski definition) is 2. The summed E-state index contributed by atoms with van der Waals surface area (Å²) in [5.74, 6) is -1.31. The van der Waals surface area contributed by atoms with E-state index in [0.29, 0.717) is 30.6 Å². The van der Waals surface area contributed by atoms with Crippen molar-refractivity contribution in [1.29, 1.82) is 0 Å². The summed E-state index contributed by atoms with van der Waals surface area (Å²) in [6.07, 6.45) is -1.07. The average molecular weight is 495 g/mol. The Morgan fingerprint density at radius 2 is 1.81 bits per heavy atom. The molecular weight excluding hydrogens is 460 g/mol. The van der Waals surface area contributed by atoms with Crippen molar-refractivity contribution in [3.8, 4) is 0 Å². The number of carboxylic acids is 1. The topological polar surface area (TPSA) is 107 Å². The number of hydrogen-bond acceptors (Lipinski definition) is 5. The second-order valence-corrected chi connectivity index (χ2v) is 11.4. The van der Waals surface area contributed by atoms with Crippen LogP contribution in [0.2, 0.25) is 0 Å². The van der Waals surface area contributed by atoms with Crippen LogP contribution in [0.3, 0.4) is 0 Å².